The largest absolute Gasteiger partial charge is 0.477 e. The lowest BCUT2D eigenvalue weighted by Crippen LogP contribution is -2.20. The van der Waals surface area contributed by atoms with Crippen LogP contribution in [0.2, 0.25) is 0 Å². The minimum atomic E-state index is -1.07. The van der Waals surface area contributed by atoms with Crippen molar-refractivity contribution in [1.29, 1.82) is 0 Å². The molecule has 0 fully saturated rings. The third-order valence-corrected chi connectivity index (χ3v) is 1.70. The van der Waals surface area contributed by atoms with E-state index in [0.29, 0.717) is 6.54 Å². The molecule has 0 saturated heterocycles. The van der Waals surface area contributed by atoms with E-state index in [9.17, 15) is 9.59 Å². The smallest absolute Gasteiger partial charge is 0.354 e. The minimum absolute atomic E-state index is 0.0196. The second kappa shape index (κ2) is 4.90. The standard InChI is InChI=1S/C10H10N2O3/c1-2-9(13)12-6-7-3-4-8(10(14)15)11-5-7/h2-5H,1,6H2,(H,12,13)(H,14,15). The summed E-state index contributed by atoms with van der Waals surface area (Å²) < 4.78 is 0. The van der Waals surface area contributed by atoms with Crippen molar-refractivity contribution in [2.24, 2.45) is 0 Å². The summed E-state index contributed by atoms with van der Waals surface area (Å²) in [5.41, 5.74) is 0.712. The number of carboxylic acid groups (broad SMARTS) is 1. The van der Waals surface area contributed by atoms with Crippen molar-refractivity contribution in [1.82, 2.24) is 10.3 Å². The van der Waals surface area contributed by atoms with Gasteiger partial charge in [0.15, 0.2) is 0 Å². The van der Waals surface area contributed by atoms with Crippen LogP contribution in [0.15, 0.2) is 31.0 Å². The molecule has 0 unspecified atom stereocenters. The molecule has 5 heteroatoms. The number of hydrogen-bond acceptors (Lipinski definition) is 3. The fraction of sp³-hybridized carbons (Fsp3) is 0.100. The van der Waals surface area contributed by atoms with E-state index in [1.165, 1.54) is 18.3 Å². The zero-order chi connectivity index (χ0) is 11.3. The summed E-state index contributed by atoms with van der Waals surface area (Å²) in [7, 11) is 0. The average Bonchev–Trinajstić information content (AvgIpc) is 2.26. The maximum Gasteiger partial charge on any atom is 0.354 e. The Morgan fingerprint density at radius 3 is 2.73 bits per heavy atom. The molecular weight excluding hydrogens is 196 g/mol. The van der Waals surface area contributed by atoms with Crippen molar-refractivity contribution in [2.45, 2.75) is 6.54 Å². The molecule has 0 spiro atoms. The number of carboxylic acids is 1. The number of nitrogens with one attached hydrogen (secondary N) is 1. The summed E-state index contributed by atoms with van der Waals surface area (Å²) in [6.07, 6.45) is 2.58. The number of nitrogens with zero attached hydrogens (tertiary/aromatic N) is 1. The highest BCUT2D eigenvalue weighted by Gasteiger charge is 2.03. The van der Waals surface area contributed by atoms with Gasteiger partial charge in [0.05, 0.1) is 0 Å². The normalized spacial score (nSPS) is 9.33. The summed E-state index contributed by atoms with van der Waals surface area (Å²) in [5.74, 6) is -1.35. The average molecular weight is 206 g/mol. The van der Waals surface area contributed by atoms with Gasteiger partial charge in [-0.1, -0.05) is 12.6 Å². The first-order valence-electron chi connectivity index (χ1n) is 4.22. The summed E-state index contributed by atoms with van der Waals surface area (Å²) in [5, 5.41) is 11.1. The van der Waals surface area contributed by atoms with Crippen molar-refractivity contribution >= 4 is 11.9 Å². The van der Waals surface area contributed by atoms with Gasteiger partial charge in [-0.15, -0.1) is 0 Å². The Labute approximate surface area is 86.5 Å². The summed E-state index contributed by atoms with van der Waals surface area (Å²) in [4.78, 5) is 25.0. The quantitative estimate of drug-likeness (QED) is 0.706. The molecule has 0 bridgehead atoms. The number of aromatic carboxylic acids is 1. The fourth-order valence-electron chi connectivity index (χ4n) is 0.917. The zero-order valence-electron chi connectivity index (χ0n) is 7.93. The molecule has 5 nitrogen and oxygen atoms in total. The van der Waals surface area contributed by atoms with Gasteiger partial charge in [-0.25, -0.2) is 9.78 Å². The highest BCUT2D eigenvalue weighted by Crippen LogP contribution is 1.99. The third kappa shape index (κ3) is 3.22. The molecule has 2 N–H and O–H groups in total. The Bertz CT molecular complexity index is 384. The Hall–Kier alpha value is -2.17. The predicted octanol–water partition coefficient (Wildman–Crippen LogP) is 0.582. The van der Waals surface area contributed by atoms with Crippen molar-refractivity contribution < 1.29 is 14.7 Å². The van der Waals surface area contributed by atoms with Crippen LogP contribution < -0.4 is 5.32 Å². The van der Waals surface area contributed by atoms with Crippen LogP contribution >= 0.6 is 0 Å². The topological polar surface area (TPSA) is 79.3 Å². The highest BCUT2D eigenvalue weighted by atomic mass is 16.4. The molecule has 78 valence electrons. The highest BCUT2D eigenvalue weighted by molar-refractivity contribution is 5.87. The lowest BCUT2D eigenvalue weighted by Gasteiger charge is -2.01. The molecule has 0 aliphatic heterocycles. The van der Waals surface area contributed by atoms with E-state index >= 15 is 0 Å². The Morgan fingerprint density at radius 2 is 2.27 bits per heavy atom. The van der Waals surface area contributed by atoms with E-state index in [1.54, 1.807) is 6.07 Å². The van der Waals surface area contributed by atoms with Crippen LogP contribution in [-0.2, 0) is 11.3 Å². The third-order valence-electron chi connectivity index (χ3n) is 1.70. The number of hydrogen-bond donors (Lipinski definition) is 2. The molecular formula is C10H10N2O3. The molecule has 0 atom stereocenters. The van der Waals surface area contributed by atoms with E-state index in [2.05, 4.69) is 16.9 Å². The first-order valence-corrected chi connectivity index (χ1v) is 4.22. The van der Waals surface area contributed by atoms with E-state index in [1.807, 2.05) is 0 Å². The second-order valence-electron chi connectivity index (χ2n) is 2.78. The molecule has 0 saturated carbocycles. The molecule has 0 radical (unpaired) electrons. The van der Waals surface area contributed by atoms with Crippen molar-refractivity contribution in [3.05, 3.63) is 42.2 Å². The van der Waals surface area contributed by atoms with Crippen molar-refractivity contribution in [2.75, 3.05) is 0 Å². The van der Waals surface area contributed by atoms with Gasteiger partial charge in [0, 0.05) is 12.7 Å². The monoisotopic (exact) mass is 206 g/mol. The number of pyridine rings is 1. The van der Waals surface area contributed by atoms with E-state index in [-0.39, 0.29) is 11.6 Å². The predicted molar refractivity (Wildman–Crippen MR) is 53.2 cm³/mol. The molecule has 0 aliphatic rings. The summed E-state index contributed by atoms with van der Waals surface area (Å²) >= 11 is 0. The van der Waals surface area contributed by atoms with Crippen LogP contribution in [0.3, 0.4) is 0 Å². The zero-order valence-corrected chi connectivity index (χ0v) is 7.93. The van der Waals surface area contributed by atoms with E-state index in [4.69, 9.17) is 5.11 Å². The van der Waals surface area contributed by atoms with Crippen LogP contribution in [0.5, 0.6) is 0 Å². The molecule has 15 heavy (non-hydrogen) atoms. The van der Waals surface area contributed by atoms with Crippen molar-refractivity contribution in [3.63, 3.8) is 0 Å². The Morgan fingerprint density at radius 1 is 1.53 bits per heavy atom. The lowest BCUT2D eigenvalue weighted by atomic mass is 10.2. The van der Waals surface area contributed by atoms with Gasteiger partial charge in [-0.05, 0) is 17.7 Å². The fourth-order valence-corrected chi connectivity index (χ4v) is 0.917. The molecule has 1 aromatic heterocycles. The van der Waals surface area contributed by atoms with E-state index in [0.717, 1.165) is 5.56 Å². The summed E-state index contributed by atoms with van der Waals surface area (Å²) in [6, 6.07) is 2.98. The van der Waals surface area contributed by atoms with Gasteiger partial charge in [-0.3, -0.25) is 4.79 Å². The Kier molecular flexibility index (Phi) is 3.56. The molecule has 0 aromatic carbocycles. The van der Waals surface area contributed by atoms with Gasteiger partial charge in [0.2, 0.25) is 5.91 Å². The number of rotatable bonds is 4. The maximum absolute atomic E-state index is 10.8. The van der Waals surface area contributed by atoms with Gasteiger partial charge in [0.25, 0.3) is 0 Å². The number of amides is 1. The number of carbonyl (C=O) groups is 2. The van der Waals surface area contributed by atoms with Crippen LogP contribution in [0, 0.1) is 0 Å². The second-order valence-corrected chi connectivity index (χ2v) is 2.78. The SMILES string of the molecule is C=CC(=O)NCc1ccc(C(=O)O)nc1. The molecule has 0 aliphatic carbocycles. The maximum atomic E-state index is 10.8. The molecule has 1 heterocycles. The Balaban J connectivity index is 2.60. The van der Waals surface area contributed by atoms with Crippen LogP contribution in [0.25, 0.3) is 0 Å². The molecule has 1 rings (SSSR count). The summed E-state index contributed by atoms with van der Waals surface area (Å²) in [6.45, 7) is 3.61. The van der Waals surface area contributed by atoms with Crippen LogP contribution in [0.1, 0.15) is 16.1 Å². The van der Waals surface area contributed by atoms with E-state index < -0.39 is 5.97 Å². The first-order chi connectivity index (χ1) is 7.13. The van der Waals surface area contributed by atoms with Gasteiger partial charge >= 0.3 is 5.97 Å². The minimum Gasteiger partial charge on any atom is -0.477 e. The van der Waals surface area contributed by atoms with Gasteiger partial charge in [0.1, 0.15) is 5.69 Å². The first kappa shape index (κ1) is 10.9. The van der Waals surface area contributed by atoms with Crippen LogP contribution in [-0.4, -0.2) is 22.0 Å². The molecule has 1 amide bonds. The lowest BCUT2D eigenvalue weighted by molar-refractivity contribution is -0.116. The number of aromatic nitrogens is 1. The van der Waals surface area contributed by atoms with Crippen molar-refractivity contribution in [3.8, 4) is 0 Å². The number of carbonyl (C=O) groups excluding carboxylic acids is 1. The van der Waals surface area contributed by atoms with Gasteiger partial charge in [-0.2, -0.15) is 0 Å². The molecule has 1 aromatic rings. The van der Waals surface area contributed by atoms with Crippen LogP contribution in [0.4, 0.5) is 0 Å². The van der Waals surface area contributed by atoms with Gasteiger partial charge < -0.3 is 10.4 Å².